The Balaban J connectivity index is 1.43. The largest absolute Gasteiger partial charge is 0.488 e. The van der Waals surface area contributed by atoms with Gasteiger partial charge in [-0.15, -0.1) is 0 Å². The smallest absolute Gasteiger partial charge is 0.274 e. The Labute approximate surface area is 199 Å². The first-order valence-corrected chi connectivity index (χ1v) is 11.6. The van der Waals surface area contributed by atoms with Crippen molar-refractivity contribution in [3.05, 3.63) is 101 Å². The third-order valence-corrected chi connectivity index (χ3v) is 7.10. The lowest BCUT2D eigenvalue weighted by Gasteiger charge is -2.09. The number of hydrogen-bond acceptors (Lipinski definition) is 4. The van der Waals surface area contributed by atoms with Crippen molar-refractivity contribution in [2.75, 3.05) is 0 Å². The van der Waals surface area contributed by atoms with Crippen LogP contribution in [-0.2, 0) is 6.61 Å². The summed E-state index contributed by atoms with van der Waals surface area (Å²) in [7, 11) is 0. The topological polar surface area (TPSA) is 43.6 Å². The minimum atomic E-state index is -0.0650. The van der Waals surface area contributed by atoms with Crippen molar-refractivity contribution in [2.45, 2.75) is 6.61 Å². The molecule has 0 N–H and O–H groups in total. The Bertz CT molecular complexity index is 1560. The number of aromatic nitrogens is 2. The minimum absolute atomic E-state index is 0.0650. The van der Waals surface area contributed by atoms with Crippen molar-refractivity contribution < 1.29 is 4.74 Å². The maximum Gasteiger partial charge on any atom is 0.274 e. The second-order valence-electron chi connectivity index (χ2n) is 6.86. The third kappa shape index (κ3) is 3.96. The first kappa shape index (κ1) is 20.5. The Hall–Kier alpha value is -2.38. The maximum absolute atomic E-state index is 12.9. The van der Waals surface area contributed by atoms with Gasteiger partial charge in [-0.1, -0.05) is 58.8 Å². The Morgan fingerprint density at radius 1 is 1.06 bits per heavy atom. The number of para-hydroxylation sites is 2. The number of benzene rings is 3. The van der Waals surface area contributed by atoms with E-state index in [4.69, 9.17) is 27.9 Å². The summed E-state index contributed by atoms with van der Waals surface area (Å²) in [6, 6.07) is 18.7. The van der Waals surface area contributed by atoms with Gasteiger partial charge in [-0.05, 0) is 69.5 Å². The molecule has 0 amide bonds. The molecule has 0 aliphatic carbocycles. The Kier molecular flexibility index (Phi) is 5.48. The highest BCUT2D eigenvalue weighted by atomic mass is 79.9. The minimum Gasteiger partial charge on any atom is -0.488 e. The van der Waals surface area contributed by atoms with Crippen molar-refractivity contribution in [2.24, 2.45) is 0 Å². The summed E-state index contributed by atoms with van der Waals surface area (Å²) >= 11 is 16.9. The summed E-state index contributed by atoms with van der Waals surface area (Å²) in [5, 5.41) is 1.01. The molecule has 0 fully saturated rings. The second kappa shape index (κ2) is 8.28. The summed E-state index contributed by atoms with van der Waals surface area (Å²) in [4.78, 5) is 18.2. The number of thiazole rings is 1. The summed E-state index contributed by atoms with van der Waals surface area (Å²) in [5.74, 6) is 0.692. The van der Waals surface area contributed by atoms with Crippen LogP contribution in [0, 0.1) is 0 Å². The molecule has 0 aliphatic rings. The highest BCUT2D eigenvalue weighted by Gasteiger charge is 2.11. The van der Waals surface area contributed by atoms with E-state index in [-0.39, 0.29) is 5.56 Å². The molecule has 0 bridgehead atoms. The summed E-state index contributed by atoms with van der Waals surface area (Å²) < 4.78 is 8.98. The van der Waals surface area contributed by atoms with E-state index in [1.54, 1.807) is 16.5 Å². The summed E-state index contributed by atoms with van der Waals surface area (Å²) in [5.41, 5.74) is 3.39. The molecule has 0 spiro atoms. The van der Waals surface area contributed by atoms with Gasteiger partial charge >= 0.3 is 0 Å². The van der Waals surface area contributed by atoms with Gasteiger partial charge in [0.05, 0.1) is 30.1 Å². The standard InChI is InChI=1S/C23H13BrCl2N2O2S/c24-15-9-13(6-8-20(15)30-12-14-5-7-16(25)17(26)10-14)11-21-22(29)28-19-4-2-1-3-18(19)27-23(28)31-21/h1-11H,12H2. The van der Waals surface area contributed by atoms with E-state index in [1.165, 1.54) is 11.3 Å². The molecule has 0 unspecified atom stereocenters. The molecule has 31 heavy (non-hydrogen) atoms. The first-order valence-electron chi connectivity index (χ1n) is 9.27. The van der Waals surface area contributed by atoms with Crippen LogP contribution in [0.2, 0.25) is 10.0 Å². The highest BCUT2D eigenvalue weighted by molar-refractivity contribution is 9.10. The van der Waals surface area contributed by atoms with Gasteiger partial charge in [0.25, 0.3) is 5.56 Å². The molecule has 2 aromatic heterocycles. The molecule has 5 aromatic rings. The van der Waals surface area contributed by atoms with E-state index in [9.17, 15) is 4.79 Å². The molecule has 3 aromatic carbocycles. The van der Waals surface area contributed by atoms with Crippen molar-refractivity contribution in [1.29, 1.82) is 0 Å². The predicted molar refractivity (Wildman–Crippen MR) is 131 cm³/mol. The summed E-state index contributed by atoms with van der Waals surface area (Å²) in [6.07, 6.45) is 1.87. The van der Waals surface area contributed by atoms with Crippen LogP contribution in [0.25, 0.3) is 22.1 Å². The average Bonchev–Trinajstić information content (AvgIpc) is 3.26. The highest BCUT2D eigenvalue weighted by Crippen LogP contribution is 2.28. The first-order chi connectivity index (χ1) is 15.0. The molecule has 0 radical (unpaired) electrons. The monoisotopic (exact) mass is 530 g/mol. The molecule has 0 saturated carbocycles. The predicted octanol–water partition coefficient (Wildman–Crippen LogP) is 6.11. The van der Waals surface area contributed by atoms with Crippen LogP contribution in [-0.4, -0.2) is 9.38 Å². The van der Waals surface area contributed by atoms with Gasteiger partial charge in [0.15, 0.2) is 4.96 Å². The van der Waals surface area contributed by atoms with Crippen LogP contribution in [0.3, 0.4) is 0 Å². The van der Waals surface area contributed by atoms with Gasteiger partial charge < -0.3 is 4.74 Å². The van der Waals surface area contributed by atoms with Crippen molar-refractivity contribution in [1.82, 2.24) is 9.38 Å². The number of hydrogen-bond donors (Lipinski definition) is 0. The zero-order chi connectivity index (χ0) is 21.5. The van der Waals surface area contributed by atoms with E-state index >= 15 is 0 Å². The van der Waals surface area contributed by atoms with Crippen LogP contribution in [0.4, 0.5) is 0 Å². The zero-order valence-corrected chi connectivity index (χ0v) is 19.7. The Morgan fingerprint density at radius 3 is 2.71 bits per heavy atom. The van der Waals surface area contributed by atoms with Gasteiger partial charge in [0.1, 0.15) is 12.4 Å². The normalized spacial score (nSPS) is 12.2. The summed E-state index contributed by atoms with van der Waals surface area (Å²) in [6.45, 7) is 0.360. The average molecular weight is 532 g/mol. The molecular weight excluding hydrogens is 519 g/mol. The fraction of sp³-hybridized carbons (Fsp3) is 0.0435. The third-order valence-electron chi connectivity index (χ3n) is 4.78. The van der Waals surface area contributed by atoms with E-state index in [1.807, 2.05) is 54.6 Å². The number of fused-ring (bicyclic) bond motifs is 3. The zero-order valence-electron chi connectivity index (χ0n) is 15.8. The molecule has 0 aliphatic heterocycles. The van der Waals surface area contributed by atoms with E-state index in [0.717, 1.165) is 26.6 Å². The number of halogens is 3. The van der Waals surface area contributed by atoms with Crippen LogP contribution < -0.4 is 14.8 Å². The van der Waals surface area contributed by atoms with Crippen molar-refractivity contribution >= 4 is 72.5 Å². The fourth-order valence-corrected chi connectivity index (χ4v) is 5.10. The lowest BCUT2D eigenvalue weighted by molar-refractivity contribution is 0.304. The maximum atomic E-state index is 12.9. The van der Waals surface area contributed by atoms with Gasteiger partial charge in [-0.25, -0.2) is 9.38 Å². The number of rotatable bonds is 4. The molecule has 8 heteroatoms. The van der Waals surface area contributed by atoms with Crippen molar-refractivity contribution in [3.63, 3.8) is 0 Å². The molecule has 4 nitrogen and oxygen atoms in total. The van der Waals surface area contributed by atoms with Crippen LogP contribution in [0.5, 0.6) is 5.75 Å². The second-order valence-corrected chi connectivity index (χ2v) is 9.54. The molecular formula is C23H13BrCl2N2O2S. The SMILES string of the molecule is O=c1c(=Cc2ccc(OCc3ccc(Cl)c(Cl)c3)c(Br)c2)sc2nc3ccccc3n12. The molecule has 5 rings (SSSR count). The molecule has 0 atom stereocenters. The Morgan fingerprint density at radius 2 is 1.90 bits per heavy atom. The molecule has 2 heterocycles. The molecule has 0 saturated heterocycles. The van der Waals surface area contributed by atoms with Gasteiger partial charge in [-0.2, -0.15) is 0 Å². The van der Waals surface area contributed by atoms with Gasteiger partial charge in [0.2, 0.25) is 0 Å². The lowest BCUT2D eigenvalue weighted by Crippen LogP contribution is -2.22. The number of ether oxygens (including phenoxy) is 1. The van der Waals surface area contributed by atoms with E-state index < -0.39 is 0 Å². The van der Waals surface area contributed by atoms with Gasteiger partial charge in [0, 0.05) is 0 Å². The van der Waals surface area contributed by atoms with E-state index in [0.29, 0.717) is 31.9 Å². The van der Waals surface area contributed by atoms with Crippen molar-refractivity contribution in [3.8, 4) is 5.75 Å². The number of imidazole rings is 1. The quantitative estimate of drug-likeness (QED) is 0.281. The number of nitrogens with zero attached hydrogens (tertiary/aromatic N) is 2. The van der Waals surface area contributed by atoms with Crippen LogP contribution >= 0.6 is 50.5 Å². The van der Waals surface area contributed by atoms with E-state index in [2.05, 4.69) is 20.9 Å². The lowest BCUT2D eigenvalue weighted by atomic mass is 10.2. The fourth-order valence-electron chi connectivity index (χ4n) is 3.28. The van der Waals surface area contributed by atoms with Crippen LogP contribution in [0.1, 0.15) is 11.1 Å². The molecule has 154 valence electrons. The van der Waals surface area contributed by atoms with Crippen LogP contribution in [0.15, 0.2) is 69.9 Å². The van der Waals surface area contributed by atoms with Gasteiger partial charge in [-0.3, -0.25) is 4.79 Å².